The van der Waals surface area contributed by atoms with Crippen LogP contribution in [0.15, 0.2) is 41.2 Å². The number of benzene rings is 1. The van der Waals surface area contributed by atoms with Crippen molar-refractivity contribution in [1.29, 1.82) is 0 Å². The van der Waals surface area contributed by atoms with Crippen LogP contribution in [0, 0.1) is 30.1 Å². The predicted octanol–water partition coefficient (Wildman–Crippen LogP) is 6.15. The number of anilines is 1. The molecule has 174 valence electrons. The molecule has 1 fully saturated rings. The quantitative estimate of drug-likeness (QED) is 0.467. The van der Waals surface area contributed by atoms with Gasteiger partial charge in [0.15, 0.2) is 0 Å². The third-order valence-corrected chi connectivity index (χ3v) is 6.66. The van der Waals surface area contributed by atoms with Crippen LogP contribution in [-0.4, -0.2) is 23.2 Å². The molecule has 2 aliphatic carbocycles. The second-order valence-electron chi connectivity index (χ2n) is 8.72. The van der Waals surface area contributed by atoms with Gasteiger partial charge in [0.2, 0.25) is 5.91 Å². The number of aliphatic carboxylic acids is 1. The summed E-state index contributed by atoms with van der Waals surface area (Å²) < 4.78 is 55.2. The molecule has 1 amide bonds. The Kier molecular flexibility index (Phi) is 6.75. The van der Waals surface area contributed by atoms with E-state index in [1.807, 2.05) is 0 Å². The lowest BCUT2D eigenvalue weighted by atomic mass is 9.77. The molecule has 9 heteroatoms. The third-order valence-electron chi connectivity index (χ3n) is 6.40. The molecule has 0 aliphatic heterocycles. The van der Waals surface area contributed by atoms with Gasteiger partial charge in [-0.25, -0.2) is 4.39 Å². The Balaban J connectivity index is 1.87. The van der Waals surface area contributed by atoms with Crippen molar-refractivity contribution in [3.05, 3.63) is 52.3 Å². The van der Waals surface area contributed by atoms with E-state index in [-0.39, 0.29) is 23.6 Å². The summed E-state index contributed by atoms with van der Waals surface area (Å²) in [5.41, 5.74) is 0.709. The summed E-state index contributed by atoms with van der Waals surface area (Å²) in [6.07, 6.45) is -1.14. The molecule has 0 saturated heterocycles. The molecular weight excluding hydrogens is 450 g/mol. The van der Waals surface area contributed by atoms with Crippen LogP contribution in [0.1, 0.15) is 37.3 Å². The van der Waals surface area contributed by atoms with Gasteiger partial charge in [0, 0.05) is 16.6 Å². The molecule has 1 saturated carbocycles. The van der Waals surface area contributed by atoms with Crippen LogP contribution in [0.5, 0.6) is 0 Å². The Labute approximate surface area is 188 Å². The zero-order valence-corrected chi connectivity index (χ0v) is 18.4. The summed E-state index contributed by atoms with van der Waals surface area (Å²) in [6, 6.07) is 4.99. The third kappa shape index (κ3) is 5.17. The lowest BCUT2D eigenvalue weighted by Crippen LogP contribution is -2.41. The van der Waals surface area contributed by atoms with E-state index in [1.165, 1.54) is 6.08 Å². The van der Waals surface area contributed by atoms with Crippen LogP contribution in [0.25, 0.3) is 0 Å². The highest BCUT2D eigenvalue weighted by Crippen LogP contribution is 2.49. The van der Waals surface area contributed by atoms with Gasteiger partial charge in [-0.1, -0.05) is 36.7 Å². The van der Waals surface area contributed by atoms with Crippen LogP contribution in [-0.2, 0) is 16.0 Å². The van der Waals surface area contributed by atoms with Gasteiger partial charge in [0.1, 0.15) is 5.83 Å². The minimum atomic E-state index is -4.70. The summed E-state index contributed by atoms with van der Waals surface area (Å²) >= 11 is 5.76. The standard InChI is InChI=1S/C23H24ClF4NO3/c1-12-3-4-14(11-22(7-8-22)21(31)32)9-18(12)29-20(30)19(13(2)23(26,27)28)16-6-5-15(24)10-17(16)25/h3-5,9-10,13,16,19H,6-8,11H2,1-2H3,(H,29,30)(H,31,32)/t13-,16?,19+/m1/s1. The highest BCUT2D eigenvalue weighted by molar-refractivity contribution is 6.31. The molecule has 0 bridgehead atoms. The number of carboxylic acids is 1. The van der Waals surface area contributed by atoms with E-state index in [0.29, 0.717) is 24.0 Å². The monoisotopic (exact) mass is 473 g/mol. The van der Waals surface area contributed by atoms with E-state index in [0.717, 1.165) is 13.0 Å². The minimum absolute atomic E-state index is 0.0774. The SMILES string of the molecule is Cc1ccc(CC2(C(=O)O)CC2)cc1NC(=O)[C@H](C1CC=C(Cl)C=C1F)[C@@H](C)C(F)(F)F. The number of amides is 1. The molecule has 3 atom stereocenters. The van der Waals surface area contributed by atoms with Crippen molar-refractivity contribution in [1.82, 2.24) is 0 Å². The van der Waals surface area contributed by atoms with E-state index in [2.05, 4.69) is 5.32 Å². The van der Waals surface area contributed by atoms with Gasteiger partial charge in [-0.05, 0) is 55.9 Å². The van der Waals surface area contributed by atoms with E-state index < -0.39 is 47.0 Å². The first-order valence-corrected chi connectivity index (χ1v) is 10.6. The van der Waals surface area contributed by atoms with Gasteiger partial charge < -0.3 is 10.4 Å². The normalized spacial score (nSPS) is 21.8. The molecule has 0 heterocycles. The Morgan fingerprint density at radius 1 is 1.31 bits per heavy atom. The molecule has 3 rings (SSSR count). The van der Waals surface area contributed by atoms with Gasteiger partial charge in [-0.15, -0.1) is 0 Å². The van der Waals surface area contributed by atoms with Gasteiger partial charge in [0.05, 0.1) is 17.3 Å². The fourth-order valence-electron chi connectivity index (χ4n) is 4.07. The summed E-state index contributed by atoms with van der Waals surface area (Å²) in [4.78, 5) is 24.5. The second kappa shape index (κ2) is 8.89. The number of hydrogen-bond donors (Lipinski definition) is 2. The van der Waals surface area contributed by atoms with Crippen molar-refractivity contribution in [2.24, 2.45) is 23.2 Å². The topological polar surface area (TPSA) is 66.4 Å². The van der Waals surface area contributed by atoms with Crippen molar-refractivity contribution in [2.75, 3.05) is 5.32 Å². The number of carboxylic acid groups (broad SMARTS) is 1. The molecular formula is C23H24ClF4NO3. The maximum Gasteiger partial charge on any atom is 0.392 e. The number of hydrogen-bond acceptors (Lipinski definition) is 2. The predicted molar refractivity (Wildman–Crippen MR) is 113 cm³/mol. The molecule has 2 aliphatic rings. The number of alkyl halides is 3. The first-order chi connectivity index (χ1) is 14.8. The van der Waals surface area contributed by atoms with Crippen molar-refractivity contribution >= 4 is 29.2 Å². The van der Waals surface area contributed by atoms with Crippen LogP contribution >= 0.6 is 11.6 Å². The molecule has 4 nitrogen and oxygen atoms in total. The van der Waals surface area contributed by atoms with Crippen molar-refractivity contribution in [2.45, 2.75) is 45.7 Å². The number of carbonyl (C=O) groups is 2. The fourth-order valence-corrected chi connectivity index (χ4v) is 4.26. The zero-order valence-electron chi connectivity index (χ0n) is 17.6. The van der Waals surface area contributed by atoms with Crippen LogP contribution in [0.3, 0.4) is 0 Å². The lowest BCUT2D eigenvalue weighted by molar-refractivity contribution is -0.189. The highest BCUT2D eigenvalue weighted by Gasteiger charge is 2.50. The number of rotatable bonds is 7. The first-order valence-electron chi connectivity index (χ1n) is 10.3. The average molecular weight is 474 g/mol. The average Bonchev–Trinajstić information content (AvgIpc) is 3.46. The summed E-state index contributed by atoms with van der Waals surface area (Å²) in [6.45, 7) is 2.54. The molecule has 32 heavy (non-hydrogen) atoms. The highest BCUT2D eigenvalue weighted by atomic mass is 35.5. The van der Waals surface area contributed by atoms with E-state index in [9.17, 15) is 32.3 Å². The Bertz CT molecular complexity index is 982. The maximum absolute atomic E-state index is 14.5. The molecule has 1 aromatic rings. The number of allylic oxidation sites excluding steroid dienone is 4. The number of carbonyl (C=O) groups excluding carboxylic acids is 1. The second-order valence-corrected chi connectivity index (χ2v) is 9.15. The van der Waals surface area contributed by atoms with Gasteiger partial charge in [0.25, 0.3) is 0 Å². The Morgan fingerprint density at radius 3 is 2.50 bits per heavy atom. The van der Waals surface area contributed by atoms with Crippen LogP contribution < -0.4 is 5.32 Å². The largest absolute Gasteiger partial charge is 0.481 e. The van der Waals surface area contributed by atoms with E-state index in [1.54, 1.807) is 25.1 Å². The number of halogens is 5. The lowest BCUT2D eigenvalue weighted by Gasteiger charge is -2.32. The molecule has 0 radical (unpaired) electrons. The first kappa shape index (κ1) is 24.3. The molecule has 0 spiro atoms. The fraction of sp³-hybridized carbons (Fsp3) is 0.478. The van der Waals surface area contributed by atoms with Crippen molar-refractivity contribution < 1.29 is 32.3 Å². The summed E-state index contributed by atoms with van der Waals surface area (Å²) in [5, 5.41) is 12.0. The number of aryl methyl sites for hydroxylation is 1. The Hall–Kier alpha value is -2.35. The van der Waals surface area contributed by atoms with Crippen LogP contribution in [0.2, 0.25) is 0 Å². The number of nitrogens with one attached hydrogen (secondary N) is 1. The zero-order chi connectivity index (χ0) is 23.8. The Morgan fingerprint density at radius 2 is 1.97 bits per heavy atom. The summed E-state index contributed by atoms with van der Waals surface area (Å²) in [7, 11) is 0. The maximum atomic E-state index is 14.5. The van der Waals surface area contributed by atoms with Gasteiger partial charge in [-0.3, -0.25) is 9.59 Å². The molecule has 1 aromatic carbocycles. The van der Waals surface area contributed by atoms with E-state index >= 15 is 0 Å². The smallest absolute Gasteiger partial charge is 0.392 e. The molecule has 1 unspecified atom stereocenters. The van der Waals surface area contributed by atoms with Gasteiger partial charge in [-0.2, -0.15) is 13.2 Å². The van der Waals surface area contributed by atoms with Crippen molar-refractivity contribution in [3.8, 4) is 0 Å². The summed E-state index contributed by atoms with van der Waals surface area (Å²) in [5.74, 6) is -7.80. The molecule has 0 aromatic heterocycles. The van der Waals surface area contributed by atoms with E-state index in [4.69, 9.17) is 11.6 Å². The van der Waals surface area contributed by atoms with Crippen molar-refractivity contribution in [3.63, 3.8) is 0 Å². The van der Waals surface area contributed by atoms with Crippen LogP contribution in [0.4, 0.5) is 23.2 Å². The molecule has 2 N–H and O–H groups in total. The minimum Gasteiger partial charge on any atom is -0.481 e. The van der Waals surface area contributed by atoms with Gasteiger partial charge >= 0.3 is 12.1 Å².